The van der Waals surface area contributed by atoms with Crippen LogP contribution in [-0.2, 0) is 14.3 Å². The number of alkyl halides is 3. The number of carbonyl (C=O) groups excluding carboxylic acids is 1. The standard InChI is InChI=1S/C18H32F3NO6/c1-2-3-4-5-6-7-8-9-10-27-15-13(22-17(26)18(19,20)21)16(25)28-12(11-23)14(15)24/h12-16,23-25H,2-11H2,1H3,(H,22,26)/t12-,13-,14-,15-,16+/m1/s1. The van der Waals surface area contributed by atoms with Crippen molar-refractivity contribution in [3.63, 3.8) is 0 Å². The predicted molar refractivity (Wildman–Crippen MR) is 94.3 cm³/mol. The number of aliphatic hydroxyl groups is 3. The lowest BCUT2D eigenvalue weighted by Crippen LogP contribution is -2.66. The number of rotatable bonds is 12. The minimum absolute atomic E-state index is 0.139. The van der Waals surface area contributed by atoms with E-state index >= 15 is 0 Å². The Labute approximate surface area is 163 Å². The number of aliphatic hydroxyl groups excluding tert-OH is 3. The zero-order valence-corrected chi connectivity index (χ0v) is 16.2. The van der Waals surface area contributed by atoms with Crippen molar-refractivity contribution in [2.75, 3.05) is 13.2 Å². The molecule has 4 N–H and O–H groups in total. The van der Waals surface area contributed by atoms with Gasteiger partial charge in [0.2, 0.25) is 0 Å². The van der Waals surface area contributed by atoms with Gasteiger partial charge in [-0.1, -0.05) is 51.9 Å². The van der Waals surface area contributed by atoms with Crippen LogP contribution in [-0.4, -0.2) is 71.3 Å². The second-order valence-corrected chi connectivity index (χ2v) is 7.05. The highest BCUT2D eigenvalue weighted by Crippen LogP contribution is 2.24. The average molecular weight is 415 g/mol. The van der Waals surface area contributed by atoms with Gasteiger partial charge in [0.1, 0.15) is 24.4 Å². The van der Waals surface area contributed by atoms with Crippen molar-refractivity contribution in [1.29, 1.82) is 0 Å². The second kappa shape index (κ2) is 12.6. The quantitative estimate of drug-likeness (QED) is 0.361. The van der Waals surface area contributed by atoms with Gasteiger partial charge in [-0.15, -0.1) is 0 Å². The van der Waals surface area contributed by atoms with Crippen LogP contribution in [0.15, 0.2) is 0 Å². The van der Waals surface area contributed by atoms with Gasteiger partial charge < -0.3 is 30.1 Å². The first-order valence-electron chi connectivity index (χ1n) is 9.84. The van der Waals surface area contributed by atoms with E-state index in [1.165, 1.54) is 19.3 Å². The van der Waals surface area contributed by atoms with Gasteiger partial charge in [0.25, 0.3) is 0 Å². The van der Waals surface area contributed by atoms with Gasteiger partial charge in [-0.3, -0.25) is 4.79 Å². The second-order valence-electron chi connectivity index (χ2n) is 7.05. The third-order valence-electron chi connectivity index (χ3n) is 4.74. The van der Waals surface area contributed by atoms with E-state index in [-0.39, 0.29) is 6.61 Å². The molecule has 166 valence electrons. The van der Waals surface area contributed by atoms with Crippen LogP contribution in [0.4, 0.5) is 13.2 Å². The van der Waals surface area contributed by atoms with Crippen LogP contribution in [0, 0.1) is 0 Å². The summed E-state index contributed by atoms with van der Waals surface area (Å²) in [7, 11) is 0. The summed E-state index contributed by atoms with van der Waals surface area (Å²) >= 11 is 0. The third kappa shape index (κ3) is 8.20. The maximum Gasteiger partial charge on any atom is 0.471 e. The molecule has 0 bridgehead atoms. The summed E-state index contributed by atoms with van der Waals surface area (Å²) in [6, 6.07) is -1.61. The molecule has 0 saturated carbocycles. The van der Waals surface area contributed by atoms with Crippen molar-refractivity contribution in [1.82, 2.24) is 5.32 Å². The van der Waals surface area contributed by atoms with Gasteiger partial charge in [0.15, 0.2) is 6.29 Å². The van der Waals surface area contributed by atoms with E-state index in [0.29, 0.717) is 6.42 Å². The average Bonchev–Trinajstić information content (AvgIpc) is 2.63. The molecular weight excluding hydrogens is 383 g/mol. The minimum atomic E-state index is -5.15. The molecule has 10 heteroatoms. The molecule has 28 heavy (non-hydrogen) atoms. The summed E-state index contributed by atoms with van der Waals surface area (Å²) in [5, 5.41) is 30.9. The van der Waals surface area contributed by atoms with Crippen molar-refractivity contribution in [2.24, 2.45) is 0 Å². The molecule has 7 nitrogen and oxygen atoms in total. The molecule has 1 amide bonds. The highest BCUT2D eigenvalue weighted by atomic mass is 19.4. The number of unbranched alkanes of at least 4 members (excludes halogenated alkanes) is 7. The van der Waals surface area contributed by atoms with E-state index in [4.69, 9.17) is 9.47 Å². The zero-order chi connectivity index (χ0) is 21.2. The lowest BCUT2D eigenvalue weighted by atomic mass is 9.96. The SMILES string of the molecule is CCCCCCCCCCO[C@H]1[C@H](O)[C@@H](CO)O[C@H](O)[C@@H]1NC(=O)C(F)(F)F. The molecule has 0 aromatic heterocycles. The summed E-state index contributed by atoms with van der Waals surface area (Å²) in [5.74, 6) is -2.27. The Hall–Kier alpha value is -0.940. The van der Waals surface area contributed by atoms with E-state index in [2.05, 4.69) is 6.92 Å². The van der Waals surface area contributed by atoms with Crippen molar-refractivity contribution in [2.45, 2.75) is 95.1 Å². The van der Waals surface area contributed by atoms with Gasteiger partial charge in [0, 0.05) is 6.61 Å². The molecule has 0 aromatic rings. The molecule has 1 saturated heterocycles. The Morgan fingerprint density at radius 3 is 2.18 bits per heavy atom. The number of carbonyl (C=O) groups is 1. The van der Waals surface area contributed by atoms with Crippen molar-refractivity contribution < 1.29 is 42.8 Å². The van der Waals surface area contributed by atoms with Crippen LogP contribution in [0.2, 0.25) is 0 Å². The Morgan fingerprint density at radius 1 is 1.07 bits per heavy atom. The Morgan fingerprint density at radius 2 is 1.64 bits per heavy atom. The van der Waals surface area contributed by atoms with E-state index < -0.39 is 49.3 Å². The number of hydrogen-bond donors (Lipinski definition) is 4. The highest BCUT2D eigenvalue weighted by Gasteiger charge is 2.49. The van der Waals surface area contributed by atoms with E-state index in [1.807, 2.05) is 0 Å². The van der Waals surface area contributed by atoms with Crippen LogP contribution < -0.4 is 5.32 Å². The van der Waals surface area contributed by atoms with Crippen LogP contribution in [0.25, 0.3) is 0 Å². The number of nitrogens with one attached hydrogen (secondary N) is 1. The van der Waals surface area contributed by atoms with Gasteiger partial charge >= 0.3 is 12.1 Å². The fourth-order valence-corrected chi connectivity index (χ4v) is 3.13. The fraction of sp³-hybridized carbons (Fsp3) is 0.944. The Kier molecular flexibility index (Phi) is 11.3. The van der Waals surface area contributed by atoms with E-state index in [0.717, 1.165) is 25.7 Å². The van der Waals surface area contributed by atoms with Crippen molar-refractivity contribution in [3.05, 3.63) is 0 Å². The molecule has 1 aliphatic heterocycles. The minimum Gasteiger partial charge on any atom is -0.394 e. The van der Waals surface area contributed by atoms with Crippen LogP contribution in [0.5, 0.6) is 0 Å². The number of amides is 1. The first kappa shape index (κ1) is 25.1. The molecule has 0 spiro atoms. The van der Waals surface area contributed by atoms with E-state index in [9.17, 15) is 33.3 Å². The van der Waals surface area contributed by atoms with Crippen LogP contribution >= 0.6 is 0 Å². The van der Waals surface area contributed by atoms with Gasteiger partial charge in [-0.25, -0.2) is 0 Å². The maximum atomic E-state index is 12.5. The lowest BCUT2D eigenvalue weighted by molar-refractivity contribution is -0.264. The summed E-state index contributed by atoms with van der Waals surface area (Å²) < 4.78 is 47.9. The lowest BCUT2D eigenvalue weighted by Gasteiger charge is -2.42. The first-order chi connectivity index (χ1) is 13.2. The molecule has 0 radical (unpaired) electrons. The summed E-state index contributed by atoms with van der Waals surface area (Å²) in [4.78, 5) is 11.2. The smallest absolute Gasteiger partial charge is 0.394 e. The summed E-state index contributed by atoms with van der Waals surface area (Å²) in [6.45, 7) is 1.63. The van der Waals surface area contributed by atoms with Gasteiger partial charge in [-0.05, 0) is 6.42 Å². The third-order valence-corrected chi connectivity index (χ3v) is 4.74. The molecule has 1 aliphatic rings. The van der Waals surface area contributed by atoms with Crippen LogP contribution in [0.3, 0.4) is 0 Å². The molecule has 1 fully saturated rings. The van der Waals surface area contributed by atoms with Gasteiger partial charge in [0.05, 0.1) is 6.61 Å². The Bertz CT molecular complexity index is 452. The predicted octanol–water partition coefficient (Wildman–Crippen LogP) is 1.63. The zero-order valence-electron chi connectivity index (χ0n) is 16.2. The molecule has 1 rings (SSSR count). The number of halogens is 3. The Balaban J connectivity index is 2.52. The monoisotopic (exact) mass is 415 g/mol. The maximum absolute atomic E-state index is 12.5. The largest absolute Gasteiger partial charge is 0.471 e. The van der Waals surface area contributed by atoms with Crippen LogP contribution in [0.1, 0.15) is 58.3 Å². The molecule has 0 aliphatic carbocycles. The van der Waals surface area contributed by atoms with Gasteiger partial charge in [-0.2, -0.15) is 13.2 Å². The number of ether oxygens (including phenoxy) is 2. The first-order valence-corrected chi connectivity index (χ1v) is 9.84. The molecular formula is C18H32F3NO6. The normalized spacial score (nSPS) is 28.3. The number of hydrogen-bond acceptors (Lipinski definition) is 6. The van der Waals surface area contributed by atoms with Crippen molar-refractivity contribution >= 4 is 5.91 Å². The highest BCUT2D eigenvalue weighted by molar-refractivity contribution is 5.82. The van der Waals surface area contributed by atoms with Crippen molar-refractivity contribution in [3.8, 4) is 0 Å². The molecule has 0 unspecified atom stereocenters. The molecule has 0 aromatic carbocycles. The topological polar surface area (TPSA) is 108 Å². The molecule has 1 heterocycles. The summed E-state index contributed by atoms with van der Waals surface area (Å²) in [5.41, 5.74) is 0. The van der Waals surface area contributed by atoms with E-state index in [1.54, 1.807) is 5.32 Å². The summed E-state index contributed by atoms with van der Waals surface area (Å²) in [6.07, 6.45) is -2.75. The fourth-order valence-electron chi connectivity index (χ4n) is 3.13. The molecule has 5 atom stereocenters.